The van der Waals surface area contributed by atoms with Crippen molar-refractivity contribution in [1.29, 1.82) is 0 Å². The van der Waals surface area contributed by atoms with Crippen molar-refractivity contribution in [2.75, 3.05) is 31.5 Å². The lowest BCUT2D eigenvalue weighted by atomic mass is 10.2. The van der Waals surface area contributed by atoms with Crippen molar-refractivity contribution in [3.05, 3.63) is 64.4 Å². The van der Waals surface area contributed by atoms with Crippen LogP contribution in [0.25, 0.3) is 0 Å². The van der Waals surface area contributed by atoms with E-state index in [0.717, 1.165) is 10.0 Å². The molecule has 1 heterocycles. The third-order valence-electron chi connectivity index (χ3n) is 4.44. The van der Waals surface area contributed by atoms with Crippen LogP contribution in [0.4, 0.5) is 14.9 Å². The summed E-state index contributed by atoms with van der Waals surface area (Å²) in [6, 6.07) is 12.6. The maximum absolute atomic E-state index is 12.9. The van der Waals surface area contributed by atoms with Crippen LogP contribution in [0, 0.1) is 5.82 Å². The molecule has 1 saturated heterocycles. The molecule has 1 fully saturated rings. The zero-order chi connectivity index (χ0) is 20.8. The second-order valence-electron chi connectivity index (χ2n) is 6.58. The van der Waals surface area contributed by atoms with Gasteiger partial charge in [-0.3, -0.25) is 9.59 Å². The minimum Gasteiger partial charge on any atom is -0.350 e. The van der Waals surface area contributed by atoms with E-state index in [4.69, 9.17) is 0 Å². The quantitative estimate of drug-likeness (QED) is 0.716. The van der Waals surface area contributed by atoms with Gasteiger partial charge in [-0.2, -0.15) is 0 Å². The normalized spacial score (nSPS) is 13.9. The Kier molecular flexibility index (Phi) is 6.82. The fourth-order valence-electron chi connectivity index (χ4n) is 2.82. The molecule has 29 heavy (non-hydrogen) atoms. The standard InChI is InChI=1S/C20H20BrFN4O3/c21-15-3-7-17(8-4-15)24-20(29)26-10-9-25(19(28)13-26)12-18(27)23-11-14-1-5-16(22)6-2-14/h1-8H,9-13H2,(H,23,27)(H,24,29). The van der Waals surface area contributed by atoms with Crippen molar-refractivity contribution in [2.24, 2.45) is 0 Å². The van der Waals surface area contributed by atoms with Gasteiger partial charge in [-0.25, -0.2) is 9.18 Å². The molecule has 1 aliphatic rings. The zero-order valence-corrected chi connectivity index (χ0v) is 17.1. The maximum atomic E-state index is 12.9. The first-order valence-electron chi connectivity index (χ1n) is 9.01. The summed E-state index contributed by atoms with van der Waals surface area (Å²) >= 11 is 3.33. The number of halogens is 2. The number of piperazine rings is 1. The second kappa shape index (κ2) is 9.51. The van der Waals surface area contributed by atoms with E-state index in [-0.39, 0.29) is 49.8 Å². The minimum absolute atomic E-state index is 0.0812. The van der Waals surface area contributed by atoms with Gasteiger partial charge in [-0.15, -0.1) is 0 Å². The van der Waals surface area contributed by atoms with Crippen LogP contribution in [0.1, 0.15) is 5.56 Å². The van der Waals surface area contributed by atoms with E-state index in [1.807, 2.05) is 12.1 Å². The molecule has 0 aliphatic carbocycles. The number of rotatable bonds is 5. The van der Waals surface area contributed by atoms with Crippen molar-refractivity contribution >= 4 is 39.5 Å². The number of carbonyl (C=O) groups is 3. The SMILES string of the molecule is O=C(CN1CCN(C(=O)Nc2ccc(Br)cc2)CC1=O)NCc1ccc(F)cc1. The summed E-state index contributed by atoms with van der Waals surface area (Å²) in [6.07, 6.45) is 0. The van der Waals surface area contributed by atoms with E-state index < -0.39 is 0 Å². The number of hydrogen-bond donors (Lipinski definition) is 2. The fraction of sp³-hybridized carbons (Fsp3) is 0.250. The van der Waals surface area contributed by atoms with E-state index in [2.05, 4.69) is 26.6 Å². The molecular formula is C20H20BrFN4O3. The van der Waals surface area contributed by atoms with Gasteiger partial charge in [0.25, 0.3) is 0 Å². The molecule has 152 valence electrons. The molecule has 2 N–H and O–H groups in total. The molecular weight excluding hydrogens is 443 g/mol. The number of anilines is 1. The largest absolute Gasteiger partial charge is 0.350 e. The lowest BCUT2D eigenvalue weighted by molar-refractivity contribution is -0.139. The Morgan fingerprint density at radius 2 is 1.72 bits per heavy atom. The number of amides is 4. The Balaban J connectivity index is 1.44. The molecule has 4 amide bonds. The molecule has 3 rings (SSSR count). The van der Waals surface area contributed by atoms with Gasteiger partial charge in [0.2, 0.25) is 11.8 Å². The van der Waals surface area contributed by atoms with Gasteiger partial charge in [-0.05, 0) is 42.0 Å². The zero-order valence-electron chi connectivity index (χ0n) is 15.5. The van der Waals surface area contributed by atoms with E-state index in [1.54, 1.807) is 24.3 Å². The van der Waals surface area contributed by atoms with Gasteiger partial charge in [0.15, 0.2) is 0 Å². The summed E-state index contributed by atoms with van der Waals surface area (Å²) in [5.41, 5.74) is 1.40. The van der Waals surface area contributed by atoms with E-state index in [9.17, 15) is 18.8 Å². The Bertz CT molecular complexity index is 890. The van der Waals surface area contributed by atoms with Crippen molar-refractivity contribution in [3.8, 4) is 0 Å². The number of urea groups is 1. The first kappa shape index (κ1) is 20.8. The van der Waals surface area contributed by atoms with Crippen LogP contribution < -0.4 is 10.6 Å². The molecule has 0 radical (unpaired) electrons. The molecule has 1 aliphatic heterocycles. The molecule has 2 aromatic carbocycles. The number of nitrogens with zero attached hydrogens (tertiary/aromatic N) is 2. The highest BCUT2D eigenvalue weighted by atomic mass is 79.9. The first-order valence-corrected chi connectivity index (χ1v) is 9.80. The van der Waals surface area contributed by atoms with E-state index in [0.29, 0.717) is 12.2 Å². The van der Waals surface area contributed by atoms with Crippen LogP contribution in [0.15, 0.2) is 53.0 Å². The molecule has 0 unspecified atom stereocenters. The van der Waals surface area contributed by atoms with E-state index in [1.165, 1.54) is 21.9 Å². The van der Waals surface area contributed by atoms with Crippen molar-refractivity contribution in [1.82, 2.24) is 15.1 Å². The summed E-state index contributed by atoms with van der Waals surface area (Å²) in [5, 5.41) is 5.45. The number of hydrogen-bond acceptors (Lipinski definition) is 3. The summed E-state index contributed by atoms with van der Waals surface area (Å²) in [4.78, 5) is 39.6. The van der Waals surface area contributed by atoms with Crippen molar-refractivity contribution < 1.29 is 18.8 Å². The van der Waals surface area contributed by atoms with Gasteiger partial charge < -0.3 is 20.4 Å². The van der Waals surface area contributed by atoms with Gasteiger partial charge in [0, 0.05) is 29.8 Å². The molecule has 2 aromatic rings. The Hall–Kier alpha value is -2.94. The highest BCUT2D eigenvalue weighted by Gasteiger charge is 2.28. The van der Waals surface area contributed by atoms with Crippen LogP contribution in [-0.4, -0.2) is 53.8 Å². The summed E-state index contributed by atoms with van der Waals surface area (Å²) < 4.78 is 13.8. The number of benzene rings is 2. The first-order chi connectivity index (χ1) is 13.9. The summed E-state index contributed by atoms with van der Waals surface area (Å²) in [6.45, 7) is 0.689. The average Bonchev–Trinajstić information content (AvgIpc) is 2.71. The number of nitrogens with one attached hydrogen (secondary N) is 2. The van der Waals surface area contributed by atoms with Crippen molar-refractivity contribution in [2.45, 2.75) is 6.54 Å². The maximum Gasteiger partial charge on any atom is 0.322 e. The van der Waals surface area contributed by atoms with Crippen LogP contribution in [-0.2, 0) is 16.1 Å². The molecule has 0 spiro atoms. The van der Waals surface area contributed by atoms with Crippen LogP contribution in [0.3, 0.4) is 0 Å². The summed E-state index contributed by atoms with van der Waals surface area (Å²) in [5.74, 6) is -0.942. The van der Waals surface area contributed by atoms with Gasteiger partial charge in [0.05, 0.1) is 6.54 Å². The molecule has 0 saturated carbocycles. The van der Waals surface area contributed by atoms with Gasteiger partial charge in [-0.1, -0.05) is 28.1 Å². The number of carbonyl (C=O) groups excluding carboxylic acids is 3. The monoisotopic (exact) mass is 462 g/mol. The Labute approximate surface area is 176 Å². The Morgan fingerprint density at radius 3 is 2.38 bits per heavy atom. The predicted molar refractivity (Wildman–Crippen MR) is 110 cm³/mol. The smallest absolute Gasteiger partial charge is 0.322 e. The van der Waals surface area contributed by atoms with Crippen molar-refractivity contribution in [3.63, 3.8) is 0 Å². The highest BCUT2D eigenvalue weighted by molar-refractivity contribution is 9.10. The predicted octanol–water partition coefficient (Wildman–Crippen LogP) is 2.58. The minimum atomic E-state index is -0.360. The molecule has 0 bridgehead atoms. The lowest BCUT2D eigenvalue weighted by Gasteiger charge is -2.33. The second-order valence-corrected chi connectivity index (χ2v) is 7.49. The van der Waals surface area contributed by atoms with Gasteiger partial charge in [0.1, 0.15) is 12.4 Å². The third kappa shape index (κ3) is 6.02. The van der Waals surface area contributed by atoms with E-state index >= 15 is 0 Å². The average molecular weight is 463 g/mol. The molecule has 7 nitrogen and oxygen atoms in total. The molecule has 0 atom stereocenters. The topological polar surface area (TPSA) is 81.8 Å². The lowest BCUT2D eigenvalue weighted by Crippen LogP contribution is -2.55. The Morgan fingerprint density at radius 1 is 1.03 bits per heavy atom. The molecule has 0 aromatic heterocycles. The molecule has 9 heteroatoms. The highest BCUT2D eigenvalue weighted by Crippen LogP contribution is 2.15. The van der Waals surface area contributed by atoms with Gasteiger partial charge >= 0.3 is 6.03 Å². The summed E-state index contributed by atoms with van der Waals surface area (Å²) in [7, 11) is 0. The fourth-order valence-corrected chi connectivity index (χ4v) is 3.08. The third-order valence-corrected chi connectivity index (χ3v) is 4.97. The van der Waals surface area contributed by atoms with Crippen LogP contribution in [0.5, 0.6) is 0 Å². The van der Waals surface area contributed by atoms with Crippen LogP contribution in [0.2, 0.25) is 0 Å². The van der Waals surface area contributed by atoms with Crippen LogP contribution >= 0.6 is 15.9 Å².